The van der Waals surface area contributed by atoms with E-state index in [-0.39, 0.29) is 12.1 Å². The van der Waals surface area contributed by atoms with Crippen LogP contribution in [0.3, 0.4) is 0 Å². The Labute approximate surface area is 202 Å². The van der Waals surface area contributed by atoms with Gasteiger partial charge < -0.3 is 14.4 Å². The van der Waals surface area contributed by atoms with Crippen molar-refractivity contribution < 1.29 is 14.3 Å². The molecule has 2 heterocycles. The van der Waals surface area contributed by atoms with Gasteiger partial charge in [-0.2, -0.15) is 0 Å². The normalized spacial score (nSPS) is 14.3. The lowest BCUT2D eigenvalue weighted by atomic mass is 10.1. The summed E-state index contributed by atoms with van der Waals surface area (Å²) >= 11 is 0. The van der Waals surface area contributed by atoms with Crippen molar-refractivity contribution >= 4 is 11.8 Å². The first-order valence-corrected chi connectivity index (χ1v) is 11.9. The molecule has 1 fully saturated rings. The lowest BCUT2D eigenvalue weighted by Crippen LogP contribution is -2.46. The Bertz CT molecular complexity index is 1090. The smallest absolute Gasteiger partial charge is 0.342 e. The molecular formula is C28H33N3O3. The minimum atomic E-state index is -0.314. The molecule has 0 radical (unpaired) electrons. The van der Waals surface area contributed by atoms with Crippen molar-refractivity contribution in [2.75, 3.05) is 31.1 Å². The van der Waals surface area contributed by atoms with E-state index in [9.17, 15) is 4.79 Å². The van der Waals surface area contributed by atoms with Crippen LogP contribution >= 0.6 is 0 Å². The maximum Gasteiger partial charge on any atom is 0.342 e. The van der Waals surface area contributed by atoms with Crippen LogP contribution in [0.4, 0.5) is 5.82 Å². The third-order valence-electron chi connectivity index (χ3n) is 5.98. The van der Waals surface area contributed by atoms with Crippen molar-refractivity contribution in [3.05, 3.63) is 89.1 Å². The number of pyridine rings is 1. The van der Waals surface area contributed by atoms with Gasteiger partial charge in [-0.15, -0.1) is 0 Å². The number of anilines is 1. The third kappa shape index (κ3) is 6.14. The molecule has 1 saturated heterocycles. The summed E-state index contributed by atoms with van der Waals surface area (Å²) in [6.07, 6.45) is 1.58. The summed E-state index contributed by atoms with van der Waals surface area (Å²) in [5, 5.41) is 0. The number of rotatable bonds is 8. The zero-order valence-electron chi connectivity index (χ0n) is 20.2. The molecule has 34 heavy (non-hydrogen) atoms. The van der Waals surface area contributed by atoms with Crippen LogP contribution in [0.15, 0.2) is 66.9 Å². The standard InChI is InChI=1S/C28H33N3O3/c1-21(2)34-28(32)26-10-7-13-29-27(26)31-16-14-30(15-17-31)19-24-11-12-25(18-22(24)3)33-20-23-8-5-4-6-9-23/h4-13,18,21H,14-17,19-20H2,1-3H3. The first-order chi connectivity index (χ1) is 16.5. The Morgan fingerprint density at radius 1 is 1.00 bits per heavy atom. The summed E-state index contributed by atoms with van der Waals surface area (Å²) in [7, 11) is 0. The van der Waals surface area contributed by atoms with Gasteiger partial charge in [0.25, 0.3) is 0 Å². The van der Waals surface area contributed by atoms with Gasteiger partial charge in [-0.05, 0) is 61.7 Å². The Kier molecular flexibility index (Phi) is 7.80. The first kappa shape index (κ1) is 23.8. The van der Waals surface area contributed by atoms with Gasteiger partial charge in [0.2, 0.25) is 0 Å². The highest BCUT2D eigenvalue weighted by molar-refractivity contribution is 5.94. The summed E-state index contributed by atoms with van der Waals surface area (Å²) in [6, 6.07) is 20.1. The molecule has 0 N–H and O–H groups in total. The van der Waals surface area contributed by atoms with Gasteiger partial charge in [0.05, 0.1) is 6.10 Å². The topological polar surface area (TPSA) is 54.9 Å². The van der Waals surface area contributed by atoms with Gasteiger partial charge in [-0.1, -0.05) is 36.4 Å². The van der Waals surface area contributed by atoms with Gasteiger partial charge in [0, 0.05) is 38.9 Å². The Morgan fingerprint density at radius 3 is 2.47 bits per heavy atom. The number of benzene rings is 2. The summed E-state index contributed by atoms with van der Waals surface area (Å²) in [4.78, 5) is 21.6. The molecule has 4 rings (SSSR count). The molecule has 6 nitrogen and oxygen atoms in total. The van der Waals surface area contributed by atoms with Crippen LogP contribution in [0.1, 0.15) is 40.9 Å². The number of hydrogen-bond acceptors (Lipinski definition) is 6. The van der Waals surface area contributed by atoms with Crippen molar-refractivity contribution in [2.24, 2.45) is 0 Å². The molecule has 0 spiro atoms. The number of ether oxygens (including phenoxy) is 2. The van der Waals surface area contributed by atoms with Gasteiger partial charge in [0.15, 0.2) is 0 Å². The molecule has 3 aromatic rings. The molecule has 0 atom stereocenters. The molecule has 178 valence electrons. The van der Waals surface area contributed by atoms with Crippen LogP contribution in [0.5, 0.6) is 5.75 Å². The fraction of sp³-hybridized carbons (Fsp3) is 0.357. The average molecular weight is 460 g/mol. The number of piperazine rings is 1. The second-order valence-corrected chi connectivity index (χ2v) is 8.95. The van der Waals surface area contributed by atoms with Crippen molar-refractivity contribution in [1.29, 1.82) is 0 Å². The van der Waals surface area contributed by atoms with Crippen molar-refractivity contribution in [3.63, 3.8) is 0 Å². The van der Waals surface area contributed by atoms with E-state index >= 15 is 0 Å². The molecule has 6 heteroatoms. The molecule has 0 bridgehead atoms. The predicted octanol–water partition coefficient (Wildman–Crippen LogP) is 4.86. The van der Waals surface area contributed by atoms with E-state index in [2.05, 4.69) is 52.0 Å². The lowest BCUT2D eigenvalue weighted by molar-refractivity contribution is 0.0378. The van der Waals surface area contributed by atoms with Crippen LogP contribution in [-0.2, 0) is 17.9 Å². The van der Waals surface area contributed by atoms with E-state index < -0.39 is 0 Å². The Hall–Kier alpha value is -3.38. The van der Waals surface area contributed by atoms with E-state index in [1.165, 1.54) is 11.1 Å². The monoisotopic (exact) mass is 459 g/mol. The number of carbonyl (C=O) groups excluding carboxylic acids is 1. The molecular weight excluding hydrogens is 426 g/mol. The lowest BCUT2D eigenvalue weighted by Gasteiger charge is -2.36. The molecule has 1 aliphatic heterocycles. The van der Waals surface area contributed by atoms with Crippen LogP contribution < -0.4 is 9.64 Å². The number of hydrogen-bond donors (Lipinski definition) is 0. The SMILES string of the molecule is Cc1cc(OCc2ccccc2)ccc1CN1CCN(c2ncccc2C(=O)OC(C)C)CC1. The second kappa shape index (κ2) is 11.2. The number of esters is 1. The summed E-state index contributed by atoms with van der Waals surface area (Å²) in [5.41, 5.74) is 4.23. The number of aromatic nitrogens is 1. The molecule has 2 aromatic carbocycles. The quantitative estimate of drug-likeness (QED) is 0.449. The van der Waals surface area contributed by atoms with Crippen molar-refractivity contribution in [1.82, 2.24) is 9.88 Å². The minimum Gasteiger partial charge on any atom is -0.489 e. The second-order valence-electron chi connectivity index (χ2n) is 8.95. The zero-order valence-corrected chi connectivity index (χ0v) is 20.2. The predicted molar refractivity (Wildman–Crippen MR) is 134 cm³/mol. The largest absolute Gasteiger partial charge is 0.489 e. The van der Waals surface area contributed by atoms with E-state index in [0.717, 1.165) is 44.0 Å². The van der Waals surface area contributed by atoms with Crippen molar-refractivity contribution in [2.45, 2.75) is 40.0 Å². The van der Waals surface area contributed by atoms with Crippen molar-refractivity contribution in [3.8, 4) is 5.75 Å². The van der Waals surface area contributed by atoms with E-state index in [0.29, 0.717) is 18.0 Å². The molecule has 0 unspecified atom stereocenters. The van der Waals surface area contributed by atoms with Gasteiger partial charge >= 0.3 is 5.97 Å². The zero-order chi connectivity index (χ0) is 23.9. The third-order valence-corrected chi connectivity index (χ3v) is 5.98. The van der Waals surface area contributed by atoms with E-state index in [1.807, 2.05) is 32.0 Å². The molecule has 1 aromatic heterocycles. The fourth-order valence-corrected chi connectivity index (χ4v) is 4.12. The number of nitrogens with zero attached hydrogens (tertiary/aromatic N) is 3. The maximum atomic E-state index is 12.5. The fourth-order valence-electron chi connectivity index (χ4n) is 4.12. The highest BCUT2D eigenvalue weighted by Crippen LogP contribution is 2.23. The Morgan fingerprint density at radius 2 is 1.76 bits per heavy atom. The first-order valence-electron chi connectivity index (χ1n) is 11.9. The molecule has 0 saturated carbocycles. The molecule has 1 aliphatic rings. The van der Waals surface area contributed by atoms with Gasteiger partial charge in [-0.3, -0.25) is 4.90 Å². The van der Waals surface area contributed by atoms with E-state index in [4.69, 9.17) is 9.47 Å². The maximum absolute atomic E-state index is 12.5. The highest BCUT2D eigenvalue weighted by atomic mass is 16.5. The average Bonchev–Trinajstić information content (AvgIpc) is 2.85. The van der Waals surface area contributed by atoms with Crippen LogP contribution in [0.2, 0.25) is 0 Å². The van der Waals surface area contributed by atoms with Crippen LogP contribution in [-0.4, -0.2) is 48.1 Å². The minimum absolute atomic E-state index is 0.157. The summed E-state index contributed by atoms with van der Waals surface area (Å²) < 4.78 is 11.4. The van der Waals surface area contributed by atoms with Crippen LogP contribution in [0, 0.1) is 6.92 Å². The number of carbonyl (C=O) groups is 1. The van der Waals surface area contributed by atoms with Crippen LogP contribution in [0.25, 0.3) is 0 Å². The molecule has 0 aliphatic carbocycles. The Balaban J connectivity index is 1.33. The summed E-state index contributed by atoms with van der Waals surface area (Å²) in [6.45, 7) is 10.8. The van der Waals surface area contributed by atoms with Gasteiger partial charge in [0.1, 0.15) is 23.7 Å². The highest BCUT2D eigenvalue weighted by Gasteiger charge is 2.24. The van der Waals surface area contributed by atoms with Gasteiger partial charge in [-0.25, -0.2) is 9.78 Å². The van der Waals surface area contributed by atoms with E-state index in [1.54, 1.807) is 18.3 Å². The number of aryl methyl sites for hydroxylation is 1. The summed E-state index contributed by atoms with van der Waals surface area (Å²) in [5.74, 6) is 1.29. The molecule has 0 amide bonds.